The topological polar surface area (TPSA) is 151 Å². The Morgan fingerprint density at radius 3 is 1.71 bits per heavy atom. The molecule has 1 atom stereocenters. The maximum atomic E-state index is 13.5. The standard InChI is InChI=1S/C26H40N4O4S/c1-15(2)21-9-17(14-27)10-22(16(3)4)23(21)29-24(31)30-35(28,34)20-12-18(25(5,6)32)11-19(13-20)26(7,8)33/h9-13,15-16,32-33H,14,27H2,1-8H3,(H3,28,29,30,31,34). The van der Waals surface area contributed by atoms with E-state index in [0.717, 1.165) is 16.7 Å². The van der Waals surface area contributed by atoms with E-state index in [-0.39, 0.29) is 16.7 Å². The molecule has 0 spiro atoms. The number of aliphatic hydroxyl groups is 2. The van der Waals surface area contributed by atoms with Crippen molar-refractivity contribution >= 4 is 21.6 Å². The summed E-state index contributed by atoms with van der Waals surface area (Å²) in [5.74, 6) is 0.184. The molecule has 0 bridgehead atoms. The Hall–Kier alpha value is -2.30. The number of hydrogen-bond acceptors (Lipinski definition) is 5. The normalized spacial score (nSPS) is 14.2. The fourth-order valence-corrected chi connectivity index (χ4v) is 4.69. The van der Waals surface area contributed by atoms with Gasteiger partial charge in [-0.1, -0.05) is 45.9 Å². The second-order valence-electron chi connectivity index (χ2n) is 10.6. The number of carbonyl (C=O) groups is 1. The molecule has 0 heterocycles. The van der Waals surface area contributed by atoms with Gasteiger partial charge >= 0.3 is 6.03 Å². The molecule has 194 valence electrons. The van der Waals surface area contributed by atoms with E-state index in [0.29, 0.717) is 23.4 Å². The van der Waals surface area contributed by atoms with Crippen molar-refractivity contribution in [2.45, 2.75) is 89.9 Å². The van der Waals surface area contributed by atoms with E-state index < -0.39 is 27.1 Å². The van der Waals surface area contributed by atoms with Crippen LogP contribution in [0.3, 0.4) is 0 Å². The molecule has 2 rings (SSSR count). The molecule has 8 nitrogen and oxygen atoms in total. The van der Waals surface area contributed by atoms with E-state index in [2.05, 4.69) is 9.68 Å². The Morgan fingerprint density at radius 1 is 0.943 bits per heavy atom. The minimum Gasteiger partial charge on any atom is -0.386 e. The van der Waals surface area contributed by atoms with Crippen molar-refractivity contribution < 1.29 is 19.2 Å². The molecule has 0 saturated heterocycles. The molecule has 7 N–H and O–H groups in total. The number of nitrogens with two attached hydrogens (primary N) is 2. The molecule has 0 radical (unpaired) electrons. The number of nitrogens with one attached hydrogen (secondary N) is 1. The molecule has 0 aromatic heterocycles. The summed E-state index contributed by atoms with van der Waals surface area (Å²) in [6.45, 7) is 14.7. The van der Waals surface area contributed by atoms with Crippen LogP contribution in [0.15, 0.2) is 39.6 Å². The van der Waals surface area contributed by atoms with E-state index in [1.54, 1.807) is 33.8 Å². The Labute approximate surface area is 209 Å². The van der Waals surface area contributed by atoms with Gasteiger partial charge in [0.2, 0.25) is 0 Å². The lowest BCUT2D eigenvalue weighted by molar-refractivity contribution is 0.0713. The summed E-state index contributed by atoms with van der Waals surface area (Å²) in [6, 6.07) is 7.57. The molecule has 35 heavy (non-hydrogen) atoms. The van der Waals surface area contributed by atoms with Gasteiger partial charge in [-0.25, -0.2) is 14.1 Å². The number of carbonyl (C=O) groups excluding carboxylic acids is 1. The Morgan fingerprint density at radius 2 is 1.37 bits per heavy atom. The number of nitrogens with zero attached hydrogens (tertiary/aromatic N) is 1. The van der Waals surface area contributed by atoms with Gasteiger partial charge < -0.3 is 21.3 Å². The van der Waals surface area contributed by atoms with E-state index in [1.165, 1.54) is 12.1 Å². The van der Waals surface area contributed by atoms with Crippen molar-refractivity contribution in [1.82, 2.24) is 0 Å². The van der Waals surface area contributed by atoms with Crippen LogP contribution in [-0.4, -0.2) is 20.5 Å². The second-order valence-corrected chi connectivity index (χ2v) is 12.4. The molecule has 2 aromatic rings. The van der Waals surface area contributed by atoms with Crippen LogP contribution in [-0.2, 0) is 27.7 Å². The number of anilines is 1. The minimum atomic E-state index is -3.70. The number of benzene rings is 2. The molecule has 0 saturated carbocycles. The summed E-state index contributed by atoms with van der Waals surface area (Å²) in [4.78, 5) is 13.0. The molecule has 9 heteroatoms. The van der Waals surface area contributed by atoms with E-state index in [9.17, 15) is 19.2 Å². The first-order chi connectivity index (χ1) is 15.9. The third kappa shape index (κ3) is 7.11. The quantitative estimate of drug-likeness (QED) is 0.367. The smallest absolute Gasteiger partial charge is 0.354 e. The first-order valence-electron chi connectivity index (χ1n) is 11.7. The van der Waals surface area contributed by atoms with Crippen LogP contribution >= 0.6 is 0 Å². The van der Waals surface area contributed by atoms with Crippen molar-refractivity contribution in [3.63, 3.8) is 0 Å². The summed E-state index contributed by atoms with van der Waals surface area (Å²) in [5, 5.41) is 29.9. The molecular weight excluding hydrogens is 464 g/mol. The lowest BCUT2D eigenvalue weighted by Gasteiger charge is -2.25. The maximum absolute atomic E-state index is 13.5. The summed E-state index contributed by atoms with van der Waals surface area (Å²) >= 11 is 0. The van der Waals surface area contributed by atoms with Gasteiger partial charge in [0, 0.05) is 12.2 Å². The lowest BCUT2D eigenvalue weighted by Crippen LogP contribution is -2.24. The highest BCUT2D eigenvalue weighted by Crippen LogP contribution is 2.34. The Balaban J connectivity index is 2.63. The molecule has 1 unspecified atom stereocenters. The molecule has 2 amide bonds. The zero-order valence-electron chi connectivity index (χ0n) is 22.0. The monoisotopic (exact) mass is 504 g/mol. The van der Waals surface area contributed by atoms with Crippen molar-refractivity contribution in [2.75, 3.05) is 5.32 Å². The van der Waals surface area contributed by atoms with E-state index >= 15 is 0 Å². The second kappa shape index (κ2) is 10.4. The van der Waals surface area contributed by atoms with Crippen LogP contribution < -0.4 is 16.2 Å². The summed E-state index contributed by atoms with van der Waals surface area (Å²) in [6.07, 6.45) is 0. The van der Waals surface area contributed by atoms with Crippen molar-refractivity contribution in [2.24, 2.45) is 15.2 Å². The van der Waals surface area contributed by atoms with Crippen LogP contribution in [0.5, 0.6) is 0 Å². The van der Waals surface area contributed by atoms with Gasteiger partial charge in [0.1, 0.15) is 9.92 Å². The third-order valence-electron chi connectivity index (χ3n) is 5.85. The van der Waals surface area contributed by atoms with Crippen LogP contribution in [0.1, 0.15) is 95.0 Å². The van der Waals surface area contributed by atoms with Crippen molar-refractivity contribution in [3.05, 3.63) is 58.1 Å². The van der Waals surface area contributed by atoms with Gasteiger partial charge in [0.05, 0.1) is 16.1 Å². The number of hydrogen-bond donors (Lipinski definition) is 5. The summed E-state index contributed by atoms with van der Waals surface area (Å²) < 4.78 is 17.3. The average Bonchev–Trinajstić information content (AvgIpc) is 2.71. The number of rotatable bonds is 7. The van der Waals surface area contributed by atoms with E-state index in [1.807, 2.05) is 39.8 Å². The SMILES string of the molecule is CC(C)c1cc(CN)cc(C(C)C)c1NC(=O)N=S(N)(=O)c1cc(C(C)(C)O)cc(C(C)(C)O)c1. The third-order valence-corrected chi connectivity index (χ3v) is 7.19. The minimum absolute atomic E-state index is 0.0380. The van der Waals surface area contributed by atoms with Crippen LogP contribution in [0.4, 0.5) is 10.5 Å². The Kier molecular flexibility index (Phi) is 8.56. The van der Waals surface area contributed by atoms with Crippen LogP contribution in [0.25, 0.3) is 0 Å². The molecule has 0 aliphatic rings. The first-order valence-corrected chi connectivity index (χ1v) is 13.3. The van der Waals surface area contributed by atoms with Gasteiger partial charge in [-0.3, -0.25) is 0 Å². The zero-order chi connectivity index (χ0) is 26.9. The van der Waals surface area contributed by atoms with Gasteiger partial charge in [-0.15, -0.1) is 4.36 Å². The van der Waals surface area contributed by atoms with E-state index in [4.69, 9.17) is 10.9 Å². The first kappa shape index (κ1) is 28.9. The van der Waals surface area contributed by atoms with Crippen LogP contribution in [0.2, 0.25) is 0 Å². The predicted molar refractivity (Wildman–Crippen MR) is 141 cm³/mol. The fourth-order valence-electron chi connectivity index (χ4n) is 3.71. The highest BCUT2D eigenvalue weighted by Gasteiger charge is 2.25. The molecule has 2 aromatic carbocycles. The van der Waals surface area contributed by atoms with Gasteiger partial charge in [-0.05, 0) is 79.5 Å². The maximum Gasteiger partial charge on any atom is 0.354 e. The summed E-state index contributed by atoms with van der Waals surface area (Å²) in [7, 11) is -3.70. The molecular formula is C26H40N4O4S. The fraction of sp³-hybridized carbons (Fsp3) is 0.500. The van der Waals surface area contributed by atoms with Crippen LogP contribution in [0, 0.1) is 0 Å². The van der Waals surface area contributed by atoms with Gasteiger partial charge in [-0.2, -0.15) is 0 Å². The molecule has 0 aliphatic carbocycles. The lowest BCUT2D eigenvalue weighted by atomic mass is 9.90. The molecule has 0 aliphatic heterocycles. The Bertz CT molecular complexity index is 1150. The van der Waals surface area contributed by atoms with Crippen molar-refractivity contribution in [1.29, 1.82) is 0 Å². The highest BCUT2D eigenvalue weighted by atomic mass is 32.2. The van der Waals surface area contributed by atoms with Gasteiger partial charge in [0.25, 0.3) is 0 Å². The zero-order valence-corrected chi connectivity index (χ0v) is 22.8. The number of amides is 2. The average molecular weight is 505 g/mol. The van der Waals surface area contributed by atoms with Gasteiger partial charge in [0.15, 0.2) is 0 Å². The van der Waals surface area contributed by atoms with Crippen molar-refractivity contribution in [3.8, 4) is 0 Å². The summed E-state index contributed by atoms with van der Waals surface area (Å²) in [5.41, 5.74) is 7.44. The highest BCUT2D eigenvalue weighted by molar-refractivity contribution is 7.91. The largest absolute Gasteiger partial charge is 0.386 e. The predicted octanol–water partition coefficient (Wildman–Crippen LogP) is 4.78. The molecule has 0 fully saturated rings. The number of urea groups is 1.